The minimum Gasteiger partial charge on any atom is -0.481 e. The van der Waals surface area contributed by atoms with Crippen molar-refractivity contribution < 1.29 is 19.5 Å². The maximum absolute atomic E-state index is 12.2. The number of fused-ring (bicyclic) bond motifs is 1. The number of aliphatic carboxylic acids is 1. The quantitative estimate of drug-likeness (QED) is 0.709. The van der Waals surface area contributed by atoms with Gasteiger partial charge in [0.05, 0.1) is 24.9 Å². The summed E-state index contributed by atoms with van der Waals surface area (Å²) >= 11 is 0. The minimum atomic E-state index is -0.926. The van der Waals surface area contributed by atoms with E-state index < -0.39 is 11.5 Å². The molecule has 0 aromatic heterocycles. The van der Waals surface area contributed by atoms with Crippen molar-refractivity contribution in [1.82, 2.24) is 10.6 Å². The van der Waals surface area contributed by atoms with Gasteiger partial charge in [-0.1, -0.05) is 42.5 Å². The van der Waals surface area contributed by atoms with E-state index in [1.807, 2.05) is 42.5 Å². The van der Waals surface area contributed by atoms with Gasteiger partial charge in [-0.15, -0.1) is 0 Å². The fraction of sp³-hybridized carbons (Fsp3) is 0.350. The number of carbonyl (C=O) groups excluding carboxylic acids is 2. The van der Waals surface area contributed by atoms with Gasteiger partial charge in [0.25, 0.3) is 0 Å². The summed E-state index contributed by atoms with van der Waals surface area (Å²) in [5, 5.41) is 16.5. The molecule has 0 saturated heterocycles. The highest BCUT2D eigenvalue weighted by molar-refractivity contribution is 5.91. The fourth-order valence-electron chi connectivity index (χ4n) is 3.44. The van der Waals surface area contributed by atoms with Gasteiger partial charge >= 0.3 is 5.97 Å². The first-order valence-electron chi connectivity index (χ1n) is 8.74. The third kappa shape index (κ3) is 4.20. The van der Waals surface area contributed by atoms with Crippen molar-refractivity contribution in [2.45, 2.75) is 37.6 Å². The monoisotopic (exact) mass is 354 g/mol. The number of benzene rings is 2. The lowest BCUT2D eigenvalue weighted by atomic mass is 9.74. The van der Waals surface area contributed by atoms with Crippen LogP contribution in [0.1, 0.15) is 31.2 Å². The van der Waals surface area contributed by atoms with Gasteiger partial charge in [-0.25, -0.2) is 0 Å². The second kappa shape index (κ2) is 7.56. The van der Waals surface area contributed by atoms with E-state index >= 15 is 0 Å². The van der Waals surface area contributed by atoms with Crippen LogP contribution in [0.25, 0.3) is 10.8 Å². The summed E-state index contributed by atoms with van der Waals surface area (Å²) in [6, 6.07) is 13.6. The zero-order chi connectivity index (χ0) is 18.6. The number of rotatable bonds is 7. The van der Waals surface area contributed by atoms with E-state index in [0.717, 1.165) is 22.8 Å². The Morgan fingerprint density at radius 1 is 1.00 bits per heavy atom. The Kier molecular flexibility index (Phi) is 5.21. The van der Waals surface area contributed by atoms with E-state index in [9.17, 15) is 14.4 Å². The van der Waals surface area contributed by atoms with Gasteiger partial charge in [0.2, 0.25) is 11.8 Å². The van der Waals surface area contributed by atoms with Gasteiger partial charge in [-0.3, -0.25) is 14.4 Å². The third-order valence-corrected chi connectivity index (χ3v) is 4.88. The van der Waals surface area contributed by atoms with E-state index in [1.165, 1.54) is 0 Å². The number of hydrogen-bond donors (Lipinski definition) is 3. The van der Waals surface area contributed by atoms with Crippen LogP contribution < -0.4 is 10.6 Å². The molecule has 3 N–H and O–H groups in total. The molecule has 1 fully saturated rings. The van der Waals surface area contributed by atoms with Crippen LogP contribution >= 0.6 is 0 Å². The minimum absolute atomic E-state index is 0.0807. The Hall–Kier alpha value is -2.89. The van der Waals surface area contributed by atoms with Crippen molar-refractivity contribution in [3.8, 4) is 0 Å². The topological polar surface area (TPSA) is 95.5 Å². The number of amides is 2. The number of carboxylic acids is 1. The first-order valence-corrected chi connectivity index (χ1v) is 8.74. The highest BCUT2D eigenvalue weighted by atomic mass is 16.4. The largest absolute Gasteiger partial charge is 0.481 e. The Morgan fingerprint density at radius 3 is 2.42 bits per heavy atom. The average molecular weight is 354 g/mol. The zero-order valence-electron chi connectivity index (χ0n) is 14.5. The summed E-state index contributed by atoms with van der Waals surface area (Å²) < 4.78 is 0. The number of carboxylic acid groups (broad SMARTS) is 1. The molecular weight excluding hydrogens is 332 g/mol. The Labute approximate surface area is 151 Å². The molecule has 0 unspecified atom stereocenters. The lowest BCUT2D eigenvalue weighted by Gasteiger charge is -2.41. The van der Waals surface area contributed by atoms with E-state index in [2.05, 4.69) is 10.6 Å². The summed E-state index contributed by atoms with van der Waals surface area (Å²) in [7, 11) is 0. The van der Waals surface area contributed by atoms with Crippen molar-refractivity contribution in [2.24, 2.45) is 0 Å². The van der Waals surface area contributed by atoms with Crippen molar-refractivity contribution in [3.63, 3.8) is 0 Å². The van der Waals surface area contributed by atoms with Gasteiger partial charge in [-0.05, 0) is 35.6 Å². The molecule has 0 atom stereocenters. The molecule has 0 spiro atoms. The molecule has 136 valence electrons. The molecule has 0 radical (unpaired) electrons. The smallest absolute Gasteiger partial charge is 0.305 e. The van der Waals surface area contributed by atoms with E-state index in [1.54, 1.807) is 0 Å². The molecule has 2 aromatic rings. The fourth-order valence-corrected chi connectivity index (χ4v) is 3.44. The standard InChI is InChI=1S/C20H22N2O4/c23-17(11-15-7-3-6-14-5-1-2-8-16(14)15)21-13-18(24)22-20(9-4-10-20)12-19(25)26/h1-3,5-8H,4,9-13H2,(H,21,23)(H,22,24)(H,25,26). The zero-order valence-corrected chi connectivity index (χ0v) is 14.5. The van der Waals surface area contributed by atoms with Crippen LogP contribution in [-0.2, 0) is 20.8 Å². The highest BCUT2D eigenvalue weighted by Crippen LogP contribution is 2.34. The molecule has 6 heteroatoms. The van der Waals surface area contributed by atoms with Crippen molar-refractivity contribution in [1.29, 1.82) is 0 Å². The Morgan fingerprint density at radius 2 is 1.73 bits per heavy atom. The number of nitrogens with one attached hydrogen (secondary N) is 2. The Bertz CT molecular complexity index is 837. The van der Waals surface area contributed by atoms with Gasteiger partial charge in [-0.2, -0.15) is 0 Å². The first kappa shape index (κ1) is 17.9. The molecule has 26 heavy (non-hydrogen) atoms. The maximum atomic E-state index is 12.2. The van der Waals surface area contributed by atoms with Crippen LogP contribution in [0.2, 0.25) is 0 Å². The molecule has 2 aromatic carbocycles. The average Bonchev–Trinajstić information content (AvgIpc) is 2.58. The van der Waals surface area contributed by atoms with Crippen molar-refractivity contribution in [3.05, 3.63) is 48.0 Å². The van der Waals surface area contributed by atoms with E-state index in [4.69, 9.17) is 5.11 Å². The van der Waals surface area contributed by atoms with Crippen LogP contribution in [0.5, 0.6) is 0 Å². The maximum Gasteiger partial charge on any atom is 0.305 e. The molecular formula is C20H22N2O4. The summed E-state index contributed by atoms with van der Waals surface area (Å²) in [6.45, 7) is -0.148. The van der Waals surface area contributed by atoms with Crippen molar-refractivity contribution in [2.75, 3.05) is 6.54 Å². The van der Waals surface area contributed by atoms with Gasteiger partial charge < -0.3 is 15.7 Å². The predicted octanol–water partition coefficient (Wildman–Crippen LogP) is 2.01. The lowest BCUT2D eigenvalue weighted by Crippen LogP contribution is -2.56. The lowest BCUT2D eigenvalue weighted by molar-refractivity contribution is -0.140. The summed E-state index contributed by atoms with van der Waals surface area (Å²) in [5.74, 6) is -1.51. The number of carbonyl (C=O) groups is 3. The normalized spacial score (nSPS) is 15.1. The summed E-state index contributed by atoms with van der Waals surface area (Å²) in [6.07, 6.45) is 2.34. The molecule has 6 nitrogen and oxygen atoms in total. The highest BCUT2D eigenvalue weighted by Gasteiger charge is 2.40. The molecule has 0 aliphatic heterocycles. The van der Waals surface area contributed by atoms with Crippen LogP contribution in [0.3, 0.4) is 0 Å². The summed E-state index contributed by atoms with van der Waals surface area (Å²) in [5.41, 5.74) is 0.255. The van der Waals surface area contributed by atoms with Crippen LogP contribution in [-0.4, -0.2) is 35.0 Å². The van der Waals surface area contributed by atoms with Crippen molar-refractivity contribution >= 4 is 28.6 Å². The molecule has 2 amide bonds. The van der Waals surface area contributed by atoms with Gasteiger partial charge in [0.15, 0.2) is 0 Å². The number of hydrogen-bond acceptors (Lipinski definition) is 3. The molecule has 1 aliphatic rings. The van der Waals surface area contributed by atoms with Gasteiger partial charge in [0, 0.05) is 0 Å². The second-order valence-electron chi connectivity index (χ2n) is 6.84. The van der Waals surface area contributed by atoms with E-state index in [0.29, 0.717) is 12.8 Å². The molecule has 1 saturated carbocycles. The summed E-state index contributed by atoms with van der Waals surface area (Å²) in [4.78, 5) is 35.2. The van der Waals surface area contributed by atoms with Crippen LogP contribution in [0, 0.1) is 0 Å². The molecule has 1 aliphatic carbocycles. The van der Waals surface area contributed by atoms with Crippen LogP contribution in [0.15, 0.2) is 42.5 Å². The Balaban J connectivity index is 1.54. The van der Waals surface area contributed by atoms with Gasteiger partial charge in [0.1, 0.15) is 0 Å². The second-order valence-corrected chi connectivity index (χ2v) is 6.84. The first-order chi connectivity index (χ1) is 12.5. The molecule has 3 rings (SSSR count). The SMILES string of the molecule is O=C(O)CC1(NC(=O)CNC(=O)Cc2cccc3ccccc23)CCC1. The molecule has 0 heterocycles. The predicted molar refractivity (Wildman–Crippen MR) is 97.6 cm³/mol. The molecule has 0 bridgehead atoms. The third-order valence-electron chi connectivity index (χ3n) is 4.88. The van der Waals surface area contributed by atoms with Crippen LogP contribution in [0.4, 0.5) is 0 Å². The van der Waals surface area contributed by atoms with E-state index in [-0.39, 0.29) is 31.2 Å².